The molecule has 2 amide bonds. The van der Waals surface area contributed by atoms with Gasteiger partial charge >= 0.3 is 6.03 Å². The molecule has 0 aromatic carbocycles. The van der Waals surface area contributed by atoms with Crippen molar-refractivity contribution < 1.29 is 4.79 Å². The van der Waals surface area contributed by atoms with E-state index in [1.807, 2.05) is 22.2 Å². The first-order valence-corrected chi connectivity index (χ1v) is 12.2. The van der Waals surface area contributed by atoms with E-state index in [1.54, 1.807) is 0 Å². The Morgan fingerprint density at radius 1 is 0.625 bits per heavy atom. The standard InChI is InChI=1S/C25H32N6O/c32-25(30-13-9-28(10-14-30)23-7-5-21(17-26-23)19-1-2-19)31-15-11-29(12-16-31)24-8-6-22(18-27-24)20-3-4-20/h5-8,17-20H,1-4,9-16H2. The Balaban J connectivity index is 0.987. The molecule has 0 unspecified atom stereocenters. The predicted octanol–water partition coefficient (Wildman–Crippen LogP) is 3.30. The van der Waals surface area contributed by atoms with E-state index in [-0.39, 0.29) is 6.03 Å². The van der Waals surface area contributed by atoms with Crippen LogP contribution in [0.2, 0.25) is 0 Å². The van der Waals surface area contributed by atoms with Crippen molar-refractivity contribution >= 4 is 17.7 Å². The third-order valence-electron chi connectivity index (χ3n) is 7.39. The molecule has 2 saturated heterocycles. The number of carbonyl (C=O) groups is 1. The lowest BCUT2D eigenvalue weighted by molar-refractivity contribution is 0.147. The van der Waals surface area contributed by atoms with E-state index in [9.17, 15) is 4.79 Å². The van der Waals surface area contributed by atoms with Crippen LogP contribution in [0, 0.1) is 0 Å². The highest BCUT2D eigenvalue weighted by atomic mass is 16.2. The number of nitrogens with zero attached hydrogens (tertiary/aromatic N) is 6. The van der Waals surface area contributed by atoms with Crippen LogP contribution in [0.25, 0.3) is 0 Å². The van der Waals surface area contributed by atoms with E-state index in [0.29, 0.717) is 0 Å². The Morgan fingerprint density at radius 3 is 1.34 bits per heavy atom. The van der Waals surface area contributed by atoms with Crippen LogP contribution in [0.5, 0.6) is 0 Å². The average Bonchev–Trinajstić information content (AvgIpc) is 3.78. The van der Waals surface area contributed by atoms with Crippen LogP contribution < -0.4 is 9.80 Å². The zero-order chi connectivity index (χ0) is 21.5. The van der Waals surface area contributed by atoms with Gasteiger partial charge in [0.05, 0.1) is 0 Å². The smallest absolute Gasteiger partial charge is 0.320 e. The van der Waals surface area contributed by atoms with Gasteiger partial charge in [0.25, 0.3) is 0 Å². The molecule has 2 aromatic rings. The number of pyridine rings is 2. The second kappa shape index (κ2) is 8.26. The third-order valence-corrected chi connectivity index (χ3v) is 7.39. The number of rotatable bonds is 4. The predicted molar refractivity (Wildman–Crippen MR) is 125 cm³/mol. The molecule has 4 heterocycles. The number of hydrogen-bond acceptors (Lipinski definition) is 5. The highest BCUT2D eigenvalue weighted by molar-refractivity contribution is 5.75. The van der Waals surface area contributed by atoms with Crippen LogP contribution in [0.4, 0.5) is 16.4 Å². The normalized spacial score (nSPS) is 21.8. The molecule has 0 N–H and O–H groups in total. The lowest BCUT2D eigenvalue weighted by atomic mass is 10.2. The molecule has 0 radical (unpaired) electrons. The maximum absolute atomic E-state index is 13.1. The first-order valence-electron chi connectivity index (χ1n) is 12.2. The minimum absolute atomic E-state index is 0.179. The van der Waals surface area contributed by atoms with Crippen molar-refractivity contribution in [3.05, 3.63) is 47.8 Å². The van der Waals surface area contributed by atoms with Crippen LogP contribution in [0.15, 0.2) is 36.7 Å². The first kappa shape index (κ1) is 19.8. The number of amides is 2. The van der Waals surface area contributed by atoms with Gasteiger partial charge in [-0.3, -0.25) is 0 Å². The number of urea groups is 1. The van der Waals surface area contributed by atoms with E-state index in [2.05, 4.69) is 44.0 Å². The Kier molecular flexibility index (Phi) is 5.12. The first-order chi connectivity index (χ1) is 15.7. The Hall–Kier alpha value is -2.83. The lowest BCUT2D eigenvalue weighted by Crippen LogP contribution is -2.57. The van der Waals surface area contributed by atoms with E-state index in [4.69, 9.17) is 0 Å². The highest BCUT2D eigenvalue weighted by Crippen LogP contribution is 2.40. The van der Waals surface area contributed by atoms with Crippen LogP contribution in [0.3, 0.4) is 0 Å². The molecule has 4 fully saturated rings. The monoisotopic (exact) mass is 432 g/mol. The van der Waals surface area contributed by atoms with E-state index in [0.717, 1.165) is 75.8 Å². The van der Waals surface area contributed by atoms with Crippen molar-refractivity contribution in [1.29, 1.82) is 0 Å². The van der Waals surface area contributed by atoms with E-state index >= 15 is 0 Å². The second-order valence-electron chi connectivity index (χ2n) is 9.68. The Labute approximate surface area is 190 Å². The van der Waals surface area contributed by atoms with Gasteiger partial charge in [-0.1, -0.05) is 12.1 Å². The summed E-state index contributed by atoms with van der Waals surface area (Å²) < 4.78 is 0. The molecule has 7 nitrogen and oxygen atoms in total. The van der Waals surface area contributed by atoms with E-state index < -0.39 is 0 Å². The molecule has 2 aromatic heterocycles. The summed E-state index contributed by atoms with van der Waals surface area (Å²) in [7, 11) is 0. The van der Waals surface area contributed by atoms with Crippen LogP contribution in [0.1, 0.15) is 48.6 Å². The summed E-state index contributed by atoms with van der Waals surface area (Å²) in [5.74, 6) is 3.55. The molecule has 0 spiro atoms. The fourth-order valence-electron chi connectivity index (χ4n) is 4.94. The minimum Gasteiger partial charge on any atom is -0.353 e. The molecule has 168 valence electrons. The van der Waals surface area contributed by atoms with Gasteiger partial charge in [0, 0.05) is 64.8 Å². The van der Waals surface area contributed by atoms with Crippen LogP contribution in [-0.2, 0) is 0 Å². The SMILES string of the molecule is O=C(N1CCN(c2ccc(C3CC3)cn2)CC1)N1CCN(c2ccc(C3CC3)cn2)CC1. The lowest BCUT2D eigenvalue weighted by Gasteiger charge is -2.41. The molecule has 7 heteroatoms. The van der Waals surface area contributed by atoms with Gasteiger partial charge in [-0.05, 0) is 60.8 Å². The van der Waals surface area contributed by atoms with Crippen LogP contribution >= 0.6 is 0 Å². The maximum Gasteiger partial charge on any atom is 0.320 e. The summed E-state index contributed by atoms with van der Waals surface area (Å²) in [4.78, 5) is 31.1. The molecule has 0 bridgehead atoms. The average molecular weight is 433 g/mol. The Bertz CT molecular complexity index is 860. The number of carbonyl (C=O) groups excluding carboxylic acids is 1. The summed E-state index contributed by atoms with van der Waals surface area (Å²) in [5.41, 5.74) is 2.74. The van der Waals surface area contributed by atoms with Crippen molar-refractivity contribution in [3.8, 4) is 0 Å². The quantitative estimate of drug-likeness (QED) is 0.742. The molecule has 2 aliphatic carbocycles. The number of anilines is 2. The van der Waals surface area contributed by atoms with Gasteiger partial charge in [-0.2, -0.15) is 0 Å². The van der Waals surface area contributed by atoms with E-state index in [1.165, 1.54) is 36.8 Å². The number of piperazine rings is 2. The zero-order valence-electron chi connectivity index (χ0n) is 18.7. The van der Waals surface area contributed by atoms with Crippen LogP contribution in [-0.4, -0.2) is 78.2 Å². The minimum atomic E-state index is 0.179. The topological polar surface area (TPSA) is 55.8 Å². The fraction of sp³-hybridized carbons (Fsp3) is 0.560. The van der Waals surface area contributed by atoms with Gasteiger partial charge in [-0.25, -0.2) is 14.8 Å². The molecule has 32 heavy (non-hydrogen) atoms. The molecular weight excluding hydrogens is 400 g/mol. The van der Waals surface area contributed by atoms with Crippen molar-refractivity contribution in [3.63, 3.8) is 0 Å². The second-order valence-corrected chi connectivity index (χ2v) is 9.68. The number of hydrogen-bond donors (Lipinski definition) is 0. The molecule has 0 atom stereocenters. The fourth-order valence-corrected chi connectivity index (χ4v) is 4.94. The number of aromatic nitrogens is 2. The molecule has 2 saturated carbocycles. The summed E-state index contributed by atoms with van der Waals surface area (Å²) in [6, 6.07) is 8.93. The molecular formula is C25H32N6O. The highest BCUT2D eigenvalue weighted by Gasteiger charge is 2.29. The summed E-state index contributed by atoms with van der Waals surface area (Å²) in [6.45, 7) is 6.42. The molecule has 2 aliphatic heterocycles. The summed E-state index contributed by atoms with van der Waals surface area (Å²) in [6.07, 6.45) is 9.30. The molecule has 6 rings (SSSR count). The summed E-state index contributed by atoms with van der Waals surface area (Å²) in [5, 5.41) is 0. The molecule has 4 aliphatic rings. The van der Waals surface area contributed by atoms with Gasteiger partial charge in [0.1, 0.15) is 11.6 Å². The Morgan fingerprint density at radius 2 is 1.03 bits per heavy atom. The van der Waals surface area contributed by atoms with Crippen molar-refractivity contribution in [2.45, 2.75) is 37.5 Å². The largest absolute Gasteiger partial charge is 0.353 e. The van der Waals surface area contributed by atoms with Gasteiger partial charge in [0.15, 0.2) is 0 Å². The third kappa shape index (κ3) is 4.12. The zero-order valence-corrected chi connectivity index (χ0v) is 18.7. The van der Waals surface area contributed by atoms with Crippen molar-refractivity contribution in [2.24, 2.45) is 0 Å². The van der Waals surface area contributed by atoms with Crippen molar-refractivity contribution in [1.82, 2.24) is 19.8 Å². The maximum atomic E-state index is 13.1. The van der Waals surface area contributed by atoms with Gasteiger partial charge in [0.2, 0.25) is 0 Å². The van der Waals surface area contributed by atoms with Crippen molar-refractivity contribution in [2.75, 3.05) is 62.2 Å². The van der Waals surface area contributed by atoms with Gasteiger partial charge in [-0.15, -0.1) is 0 Å². The summed E-state index contributed by atoms with van der Waals surface area (Å²) >= 11 is 0. The van der Waals surface area contributed by atoms with Gasteiger partial charge < -0.3 is 19.6 Å².